The average Bonchev–Trinajstić information content (AvgIpc) is 2.13. The van der Waals surface area contributed by atoms with Gasteiger partial charge in [-0.05, 0) is 17.9 Å². The number of allylic oxidation sites excluding steroid dienone is 4. The van der Waals surface area contributed by atoms with Gasteiger partial charge in [0.2, 0.25) is 5.78 Å². The van der Waals surface area contributed by atoms with E-state index in [1.54, 1.807) is 6.08 Å². The molecule has 0 aromatic rings. The van der Waals surface area contributed by atoms with Crippen molar-refractivity contribution in [1.82, 2.24) is 0 Å². The molecule has 15 heavy (non-hydrogen) atoms. The summed E-state index contributed by atoms with van der Waals surface area (Å²) in [5.41, 5.74) is 1.05. The summed E-state index contributed by atoms with van der Waals surface area (Å²) in [5, 5.41) is 9.54. The first-order chi connectivity index (χ1) is 6.86. The van der Waals surface area contributed by atoms with Gasteiger partial charge in [0.1, 0.15) is 0 Å². The molecule has 82 valence electrons. The normalized spacial score (nSPS) is 17.9. The molecule has 3 nitrogen and oxygen atoms in total. The van der Waals surface area contributed by atoms with E-state index in [0.717, 1.165) is 0 Å². The minimum atomic E-state index is -0.773. The predicted molar refractivity (Wildman–Crippen MR) is 57.4 cm³/mol. The standard InChI is InChI=1S/C12H16O3/c1-6(2)8-5-9(7(3)4)11(14)12(15)10(8)13/h5-7,13H,1-4H3. The Balaban J connectivity index is 3.28. The van der Waals surface area contributed by atoms with E-state index in [0.29, 0.717) is 11.1 Å². The van der Waals surface area contributed by atoms with Crippen molar-refractivity contribution in [3.8, 4) is 0 Å². The molecule has 0 aliphatic heterocycles. The number of hydrogen-bond donors (Lipinski definition) is 1. The highest BCUT2D eigenvalue weighted by atomic mass is 16.3. The van der Waals surface area contributed by atoms with E-state index in [-0.39, 0.29) is 17.6 Å². The summed E-state index contributed by atoms with van der Waals surface area (Å²) in [6.07, 6.45) is 1.65. The lowest BCUT2D eigenvalue weighted by Crippen LogP contribution is -2.26. The SMILES string of the molecule is CC(C)C1=CC(C(C)C)=C(O)C(=O)C1=O. The number of hydrogen-bond acceptors (Lipinski definition) is 3. The van der Waals surface area contributed by atoms with E-state index >= 15 is 0 Å². The summed E-state index contributed by atoms with van der Waals surface area (Å²) in [6.45, 7) is 7.47. The topological polar surface area (TPSA) is 54.4 Å². The van der Waals surface area contributed by atoms with Crippen LogP contribution in [0.4, 0.5) is 0 Å². The number of Topliss-reactive ketones (excluding diaryl/α,β-unsaturated/α-hetero) is 2. The van der Waals surface area contributed by atoms with Gasteiger partial charge in [-0.2, -0.15) is 0 Å². The van der Waals surface area contributed by atoms with Gasteiger partial charge < -0.3 is 5.11 Å². The molecule has 1 rings (SSSR count). The third-order valence-electron chi connectivity index (χ3n) is 2.51. The first kappa shape index (κ1) is 11.7. The summed E-state index contributed by atoms with van der Waals surface area (Å²) < 4.78 is 0. The smallest absolute Gasteiger partial charge is 0.267 e. The maximum Gasteiger partial charge on any atom is 0.267 e. The van der Waals surface area contributed by atoms with Crippen molar-refractivity contribution in [3.63, 3.8) is 0 Å². The van der Waals surface area contributed by atoms with Crippen LogP contribution in [-0.4, -0.2) is 16.7 Å². The Labute approximate surface area is 89.5 Å². The molecular formula is C12H16O3. The molecule has 0 aromatic carbocycles. The molecule has 3 heteroatoms. The molecule has 0 radical (unpaired) electrons. The van der Waals surface area contributed by atoms with Crippen molar-refractivity contribution in [3.05, 3.63) is 23.0 Å². The van der Waals surface area contributed by atoms with Crippen molar-refractivity contribution in [2.45, 2.75) is 27.7 Å². The maximum atomic E-state index is 11.5. The van der Waals surface area contributed by atoms with Crippen molar-refractivity contribution >= 4 is 11.6 Å². The van der Waals surface area contributed by atoms with E-state index in [2.05, 4.69) is 0 Å². The van der Waals surface area contributed by atoms with Gasteiger partial charge in [-0.15, -0.1) is 0 Å². The van der Waals surface area contributed by atoms with Crippen LogP contribution in [0.15, 0.2) is 23.0 Å². The zero-order valence-corrected chi connectivity index (χ0v) is 9.50. The maximum absolute atomic E-state index is 11.5. The van der Waals surface area contributed by atoms with E-state index in [1.807, 2.05) is 27.7 Å². The Morgan fingerprint density at radius 1 is 1.00 bits per heavy atom. The van der Waals surface area contributed by atoms with E-state index in [1.165, 1.54) is 0 Å². The first-order valence-electron chi connectivity index (χ1n) is 5.10. The first-order valence-corrected chi connectivity index (χ1v) is 5.10. The quantitative estimate of drug-likeness (QED) is 0.559. The summed E-state index contributed by atoms with van der Waals surface area (Å²) in [7, 11) is 0. The number of ketones is 2. The Morgan fingerprint density at radius 2 is 1.53 bits per heavy atom. The largest absolute Gasteiger partial charge is 0.504 e. The lowest BCUT2D eigenvalue weighted by atomic mass is 9.85. The molecule has 1 aliphatic carbocycles. The Morgan fingerprint density at radius 3 is 1.93 bits per heavy atom. The Bertz CT molecular complexity index is 370. The van der Waals surface area contributed by atoms with Crippen molar-refractivity contribution in [2.24, 2.45) is 11.8 Å². The number of aliphatic hydroxyl groups is 1. The molecular weight excluding hydrogens is 192 g/mol. The number of carbonyl (C=O) groups is 2. The highest BCUT2D eigenvalue weighted by Gasteiger charge is 2.31. The highest BCUT2D eigenvalue weighted by Crippen LogP contribution is 2.26. The van der Waals surface area contributed by atoms with Crippen LogP contribution in [0, 0.1) is 11.8 Å². The zero-order valence-electron chi connectivity index (χ0n) is 9.50. The van der Waals surface area contributed by atoms with Crippen molar-refractivity contribution in [1.29, 1.82) is 0 Å². The molecule has 0 spiro atoms. The van der Waals surface area contributed by atoms with Crippen molar-refractivity contribution < 1.29 is 14.7 Å². The van der Waals surface area contributed by atoms with Gasteiger partial charge in [0.25, 0.3) is 5.78 Å². The van der Waals surface area contributed by atoms with E-state index < -0.39 is 11.6 Å². The van der Waals surface area contributed by atoms with Crippen LogP contribution >= 0.6 is 0 Å². The summed E-state index contributed by atoms with van der Waals surface area (Å²) >= 11 is 0. The van der Waals surface area contributed by atoms with Crippen LogP contribution in [-0.2, 0) is 9.59 Å². The molecule has 0 aromatic heterocycles. The molecule has 0 fully saturated rings. The second-order valence-corrected chi connectivity index (χ2v) is 4.37. The van der Waals surface area contributed by atoms with E-state index in [9.17, 15) is 14.7 Å². The Kier molecular flexibility index (Phi) is 3.12. The van der Waals surface area contributed by atoms with Gasteiger partial charge in [0, 0.05) is 11.1 Å². The van der Waals surface area contributed by atoms with Gasteiger partial charge in [0.05, 0.1) is 0 Å². The zero-order chi connectivity index (χ0) is 11.7. The van der Waals surface area contributed by atoms with Crippen LogP contribution in [0.3, 0.4) is 0 Å². The lowest BCUT2D eigenvalue weighted by Gasteiger charge is -2.19. The van der Waals surface area contributed by atoms with Gasteiger partial charge >= 0.3 is 0 Å². The third kappa shape index (κ3) is 2.01. The van der Waals surface area contributed by atoms with Crippen LogP contribution in [0.1, 0.15) is 27.7 Å². The lowest BCUT2D eigenvalue weighted by molar-refractivity contribution is -0.134. The fraction of sp³-hybridized carbons (Fsp3) is 0.500. The molecule has 0 saturated heterocycles. The van der Waals surface area contributed by atoms with Gasteiger partial charge in [0.15, 0.2) is 5.76 Å². The molecule has 0 atom stereocenters. The minimum Gasteiger partial charge on any atom is -0.504 e. The molecule has 1 N–H and O–H groups in total. The minimum absolute atomic E-state index is 0.00306. The Hall–Kier alpha value is -1.38. The third-order valence-corrected chi connectivity index (χ3v) is 2.51. The second kappa shape index (κ2) is 4.01. The number of carbonyl (C=O) groups excluding carboxylic acids is 2. The number of rotatable bonds is 2. The molecule has 0 bridgehead atoms. The van der Waals surface area contributed by atoms with E-state index in [4.69, 9.17) is 0 Å². The summed E-state index contributed by atoms with van der Waals surface area (Å²) in [6, 6.07) is 0. The van der Waals surface area contributed by atoms with Crippen LogP contribution in [0.25, 0.3) is 0 Å². The van der Waals surface area contributed by atoms with Crippen molar-refractivity contribution in [2.75, 3.05) is 0 Å². The molecule has 0 unspecified atom stereocenters. The number of aliphatic hydroxyl groups excluding tert-OH is 1. The second-order valence-electron chi connectivity index (χ2n) is 4.37. The van der Waals surface area contributed by atoms with Gasteiger partial charge in [-0.25, -0.2) is 0 Å². The highest BCUT2D eigenvalue weighted by molar-refractivity contribution is 6.49. The molecule has 0 saturated carbocycles. The summed E-state index contributed by atoms with van der Waals surface area (Å²) in [5.74, 6) is -1.70. The predicted octanol–water partition coefficient (Wildman–Crippen LogP) is 2.19. The summed E-state index contributed by atoms with van der Waals surface area (Å²) in [4.78, 5) is 23.0. The fourth-order valence-electron chi connectivity index (χ4n) is 1.54. The van der Waals surface area contributed by atoms with Crippen LogP contribution < -0.4 is 0 Å². The van der Waals surface area contributed by atoms with Crippen LogP contribution in [0.2, 0.25) is 0 Å². The fourth-order valence-corrected chi connectivity index (χ4v) is 1.54. The monoisotopic (exact) mass is 208 g/mol. The average molecular weight is 208 g/mol. The van der Waals surface area contributed by atoms with Crippen LogP contribution in [0.5, 0.6) is 0 Å². The van der Waals surface area contributed by atoms with Gasteiger partial charge in [-0.1, -0.05) is 27.7 Å². The van der Waals surface area contributed by atoms with Gasteiger partial charge in [-0.3, -0.25) is 9.59 Å². The molecule has 0 amide bonds. The molecule has 1 aliphatic rings. The molecule has 0 heterocycles.